The molecule has 0 fully saturated rings. The topological polar surface area (TPSA) is 40.5 Å². The number of nitrogens with zero attached hydrogens (tertiary/aromatic N) is 1. The number of benzene rings is 1. The van der Waals surface area contributed by atoms with Crippen LogP contribution in [0.4, 0.5) is 0 Å². The molecule has 0 bridgehead atoms. The number of halogens is 1. The maximum Gasteiger partial charge on any atom is 0.237 e. The maximum atomic E-state index is 11.9. The highest BCUT2D eigenvalue weighted by molar-refractivity contribution is 6.27. The number of carbonyl (C=O) groups is 1. The van der Waals surface area contributed by atoms with E-state index in [1.807, 2.05) is 25.1 Å². The lowest BCUT2D eigenvalue weighted by Crippen LogP contribution is -2.44. The van der Waals surface area contributed by atoms with Crippen LogP contribution in [0.5, 0.6) is 0 Å². The Morgan fingerprint density at radius 2 is 2.21 bits per heavy atom. The van der Waals surface area contributed by atoms with Crippen LogP contribution in [-0.2, 0) is 11.2 Å². The van der Waals surface area contributed by atoms with E-state index in [0.717, 1.165) is 24.8 Å². The van der Waals surface area contributed by atoms with E-state index in [-0.39, 0.29) is 17.8 Å². The van der Waals surface area contributed by atoms with Gasteiger partial charge in [0.15, 0.2) is 0 Å². The molecule has 0 radical (unpaired) electrons. The van der Waals surface area contributed by atoms with Crippen LogP contribution in [0.25, 0.3) is 0 Å². The standard InChI is InChI=1S/C15H20ClNO2/c1-2-17(14(18)10-16)13-9-5-7-11-6-3-4-8-12(11)15(13)19/h3-4,6,8,13,15,19H,2,5,7,9-10H2,1H3/t13-,15-/m0/s1. The fraction of sp³-hybridized carbons (Fsp3) is 0.533. The third-order valence-electron chi connectivity index (χ3n) is 3.86. The number of aliphatic hydroxyl groups is 1. The third kappa shape index (κ3) is 2.93. The Morgan fingerprint density at radius 3 is 2.89 bits per heavy atom. The van der Waals surface area contributed by atoms with Crippen LogP contribution >= 0.6 is 11.6 Å². The van der Waals surface area contributed by atoms with E-state index in [1.54, 1.807) is 4.90 Å². The molecule has 2 rings (SSSR count). The van der Waals surface area contributed by atoms with E-state index >= 15 is 0 Å². The first-order chi connectivity index (χ1) is 9.19. The molecule has 1 amide bonds. The Kier molecular flexibility index (Phi) is 4.83. The molecule has 0 unspecified atom stereocenters. The van der Waals surface area contributed by atoms with Gasteiger partial charge in [0.05, 0.1) is 12.1 Å². The Labute approximate surface area is 119 Å². The molecule has 0 spiro atoms. The predicted octanol–water partition coefficient (Wildman–Crippen LogP) is 2.51. The molecular weight excluding hydrogens is 262 g/mol. The van der Waals surface area contributed by atoms with Gasteiger partial charge in [0.25, 0.3) is 0 Å². The Bertz CT molecular complexity index is 450. The summed E-state index contributed by atoms with van der Waals surface area (Å²) in [6.07, 6.45) is 2.12. The van der Waals surface area contributed by atoms with E-state index in [2.05, 4.69) is 6.07 Å². The molecule has 1 aromatic carbocycles. The number of alkyl halides is 1. The van der Waals surface area contributed by atoms with Crippen LogP contribution in [0.15, 0.2) is 24.3 Å². The largest absolute Gasteiger partial charge is 0.386 e. The van der Waals surface area contributed by atoms with Gasteiger partial charge < -0.3 is 10.0 Å². The zero-order valence-electron chi connectivity index (χ0n) is 11.2. The second kappa shape index (κ2) is 6.40. The first-order valence-corrected chi connectivity index (χ1v) is 7.33. The third-order valence-corrected chi connectivity index (χ3v) is 4.09. The highest BCUT2D eigenvalue weighted by atomic mass is 35.5. The van der Waals surface area contributed by atoms with Crippen molar-refractivity contribution in [3.63, 3.8) is 0 Å². The van der Waals surface area contributed by atoms with Crippen molar-refractivity contribution in [3.05, 3.63) is 35.4 Å². The minimum Gasteiger partial charge on any atom is -0.386 e. The summed E-state index contributed by atoms with van der Waals surface area (Å²) in [4.78, 5) is 13.6. The number of hydrogen-bond donors (Lipinski definition) is 1. The highest BCUT2D eigenvalue weighted by Gasteiger charge is 2.31. The fourth-order valence-electron chi connectivity index (χ4n) is 2.92. The number of rotatable bonds is 3. The van der Waals surface area contributed by atoms with Crippen molar-refractivity contribution in [2.24, 2.45) is 0 Å². The van der Waals surface area contributed by atoms with E-state index < -0.39 is 6.10 Å². The first kappa shape index (κ1) is 14.4. The molecule has 0 aromatic heterocycles. The zero-order valence-corrected chi connectivity index (χ0v) is 11.9. The van der Waals surface area contributed by atoms with Gasteiger partial charge in [-0.25, -0.2) is 0 Å². The van der Waals surface area contributed by atoms with Gasteiger partial charge in [-0.2, -0.15) is 0 Å². The SMILES string of the molecule is CCN(C(=O)CCl)[C@H]1CCCc2ccccc2[C@@H]1O. The van der Waals surface area contributed by atoms with Crippen LogP contribution in [0.3, 0.4) is 0 Å². The van der Waals surface area contributed by atoms with Crippen molar-refractivity contribution in [3.8, 4) is 0 Å². The van der Waals surface area contributed by atoms with Crippen molar-refractivity contribution in [2.75, 3.05) is 12.4 Å². The number of likely N-dealkylation sites (N-methyl/N-ethyl adjacent to an activating group) is 1. The van der Waals surface area contributed by atoms with Gasteiger partial charge in [-0.05, 0) is 37.3 Å². The number of hydrogen-bond acceptors (Lipinski definition) is 2. The summed E-state index contributed by atoms with van der Waals surface area (Å²) in [6, 6.07) is 7.77. The molecule has 104 valence electrons. The van der Waals surface area contributed by atoms with Crippen molar-refractivity contribution >= 4 is 17.5 Å². The minimum atomic E-state index is -0.620. The molecule has 1 N–H and O–H groups in total. The van der Waals surface area contributed by atoms with Crippen LogP contribution in [0.1, 0.15) is 37.0 Å². The molecule has 0 heterocycles. The van der Waals surface area contributed by atoms with Crippen LogP contribution in [-0.4, -0.2) is 34.4 Å². The van der Waals surface area contributed by atoms with Gasteiger partial charge in [0.2, 0.25) is 5.91 Å². The van der Waals surface area contributed by atoms with Gasteiger partial charge in [-0.1, -0.05) is 24.3 Å². The maximum absolute atomic E-state index is 11.9. The molecule has 4 heteroatoms. The molecule has 1 aromatic rings. The monoisotopic (exact) mass is 281 g/mol. The molecule has 0 aliphatic heterocycles. The second-order valence-corrected chi connectivity index (χ2v) is 5.18. The van der Waals surface area contributed by atoms with Crippen LogP contribution < -0.4 is 0 Å². The number of aliphatic hydroxyl groups excluding tert-OH is 1. The van der Waals surface area contributed by atoms with Gasteiger partial charge >= 0.3 is 0 Å². The van der Waals surface area contributed by atoms with Crippen molar-refractivity contribution < 1.29 is 9.90 Å². The minimum absolute atomic E-state index is 0.0291. The Balaban J connectivity index is 2.30. The van der Waals surface area contributed by atoms with Crippen molar-refractivity contribution in [2.45, 2.75) is 38.3 Å². The molecule has 1 aliphatic rings. The molecule has 1 aliphatic carbocycles. The lowest BCUT2D eigenvalue weighted by atomic mass is 9.98. The number of fused-ring (bicyclic) bond motifs is 1. The lowest BCUT2D eigenvalue weighted by Gasteiger charge is -2.33. The number of amides is 1. The molecule has 3 nitrogen and oxygen atoms in total. The van der Waals surface area contributed by atoms with E-state index in [4.69, 9.17) is 11.6 Å². The average molecular weight is 282 g/mol. The smallest absolute Gasteiger partial charge is 0.237 e. The van der Waals surface area contributed by atoms with Gasteiger partial charge in [0.1, 0.15) is 5.88 Å². The van der Waals surface area contributed by atoms with E-state index in [9.17, 15) is 9.90 Å². The molecular formula is C15H20ClNO2. The summed E-state index contributed by atoms with van der Waals surface area (Å²) in [7, 11) is 0. The van der Waals surface area contributed by atoms with Gasteiger partial charge in [-0.15, -0.1) is 11.6 Å². The number of carbonyl (C=O) groups excluding carboxylic acids is 1. The molecule has 0 saturated carbocycles. The second-order valence-electron chi connectivity index (χ2n) is 4.92. The van der Waals surface area contributed by atoms with Crippen LogP contribution in [0.2, 0.25) is 0 Å². The highest BCUT2D eigenvalue weighted by Crippen LogP contribution is 2.31. The fourth-order valence-corrected chi connectivity index (χ4v) is 3.07. The molecule has 19 heavy (non-hydrogen) atoms. The summed E-state index contributed by atoms with van der Waals surface area (Å²) in [5.74, 6) is -0.133. The zero-order chi connectivity index (χ0) is 13.8. The number of aryl methyl sites for hydroxylation is 1. The summed E-state index contributed by atoms with van der Waals surface area (Å²) < 4.78 is 0. The molecule has 2 atom stereocenters. The Morgan fingerprint density at radius 1 is 1.47 bits per heavy atom. The van der Waals surface area contributed by atoms with Crippen molar-refractivity contribution in [1.82, 2.24) is 4.90 Å². The van der Waals surface area contributed by atoms with Crippen LogP contribution in [0, 0.1) is 0 Å². The van der Waals surface area contributed by atoms with E-state index in [0.29, 0.717) is 6.54 Å². The van der Waals surface area contributed by atoms with Gasteiger partial charge in [0, 0.05) is 6.54 Å². The summed E-state index contributed by atoms with van der Waals surface area (Å²) in [6.45, 7) is 2.50. The predicted molar refractivity (Wildman–Crippen MR) is 76.2 cm³/mol. The summed E-state index contributed by atoms with van der Waals surface area (Å²) >= 11 is 5.66. The summed E-state index contributed by atoms with van der Waals surface area (Å²) in [5, 5.41) is 10.6. The van der Waals surface area contributed by atoms with Crippen molar-refractivity contribution in [1.29, 1.82) is 0 Å². The van der Waals surface area contributed by atoms with E-state index in [1.165, 1.54) is 5.56 Å². The molecule has 0 saturated heterocycles. The average Bonchev–Trinajstić information content (AvgIpc) is 2.60. The normalized spacial score (nSPS) is 22.5. The quantitative estimate of drug-likeness (QED) is 0.683. The lowest BCUT2D eigenvalue weighted by molar-refractivity contribution is -0.133. The first-order valence-electron chi connectivity index (χ1n) is 6.80. The Hall–Kier alpha value is -1.06. The summed E-state index contributed by atoms with van der Waals surface area (Å²) in [5.41, 5.74) is 2.14. The van der Waals surface area contributed by atoms with Gasteiger partial charge in [-0.3, -0.25) is 4.79 Å².